The van der Waals surface area contributed by atoms with E-state index in [-0.39, 0.29) is 50.8 Å². The van der Waals surface area contributed by atoms with Gasteiger partial charge in [-0.3, -0.25) is 0 Å². The normalized spacial score (nSPS) is 16.4. The molecular formula is C119H142F5O3S9+9. The fraction of sp³-hybridized carbons (Fsp3) is 0.345. The van der Waals surface area contributed by atoms with Crippen LogP contribution in [0, 0.1) is 42.9 Å². The highest BCUT2D eigenvalue weighted by Gasteiger charge is 2.35. The third kappa shape index (κ3) is 36.6. The van der Waals surface area contributed by atoms with Crippen LogP contribution < -0.4 is 0 Å². The second-order valence-corrected chi connectivity index (χ2v) is 56.3. The summed E-state index contributed by atoms with van der Waals surface area (Å²) in [5.74, 6) is 17.3. The molecule has 0 N–H and O–H groups in total. The molecule has 716 valence electrons. The highest BCUT2D eigenvalue weighted by Crippen LogP contribution is 2.36. The van der Waals surface area contributed by atoms with Crippen molar-refractivity contribution in [3.8, 4) is 0 Å². The molecule has 17 heteroatoms. The first-order valence-corrected chi connectivity index (χ1v) is 61.8. The van der Waals surface area contributed by atoms with E-state index in [1.807, 2.05) is 30.3 Å². The Morgan fingerprint density at radius 3 is 0.566 bits per heavy atom. The summed E-state index contributed by atoms with van der Waals surface area (Å²) in [5, 5.41) is 0. The Labute approximate surface area is 838 Å². The maximum absolute atomic E-state index is 13.2. The number of benzene rings is 13. The third-order valence-electron chi connectivity index (χ3n) is 24.0. The molecule has 0 radical (unpaired) electrons. The summed E-state index contributed by atoms with van der Waals surface area (Å²) in [4.78, 5) is 16.7. The molecule has 7 aliphatic rings. The lowest BCUT2D eigenvalue weighted by Gasteiger charge is -2.19. The van der Waals surface area contributed by atoms with E-state index in [4.69, 9.17) is 14.2 Å². The topological polar surface area (TPSA) is 27.7 Å². The second kappa shape index (κ2) is 58.1. The van der Waals surface area contributed by atoms with E-state index in [9.17, 15) is 22.0 Å². The van der Waals surface area contributed by atoms with Gasteiger partial charge in [-0.2, -0.15) is 0 Å². The molecule has 0 aliphatic carbocycles. The molecule has 0 bridgehead atoms. The van der Waals surface area contributed by atoms with Gasteiger partial charge in [0, 0.05) is 76.3 Å². The van der Waals surface area contributed by atoms with E-state index in [0.717, 1.165) is 69.0 Å². The van der Waals surface area contributed by atoms with Gasteiger partial charge in [0.15, 0.2) is 63.6 Å². The Balaban J connectivity index is 0.000000139. The molecule has 0 amide bonds. The lowest BCUT2D eigenvalue weighted by atomic mass is 9.87. The van der Waals surface area contributed by atoms with Gasteiger partial charge in [-0.25, -0.2) is 22.0 Å². The molecule has 20 rings (SSSR count). The van der Waals surface area contributed by atoms with Crippen LogP contribution in [0.2, 0.25) is 0 Å². The molecule has 0 spiro atoms. The predicted octanol–water partition coefficient (Wildman–Crippen LogP) is 29.6. The third-order valence-corrected chi connectivity index (χ3v) is 45.2. The number of hydrogen-bond donors (Lipinski definition) is 0. The number of hydrogen-bond acceptors (Lipinski definition) is 3. The van der Waals surface area contributed by atoms with Gasteiger partial charge in [0.2, 0.25) is 0 Å². The van der Waals surface area contributed by atoms with Crippen molar-refractivity contribution < 1.29 is 36.2 Å². The van der Waals surface area contributed by atoms with Gasteiger partial charge >= 0.3 is 0 Å². The summed E-state index contributed by atoms with van der Waals surface area (Å²) in [5.41, 5.74) is 6.15. The van der Waals surface area contributed by atoms with Crippen LogP contribution >= 0.6 is 0 Å². The summed E-state index contributed by atoms with van der Waals surface area (Å²) in [6, 6.07) is 111. The maximum atomic E-state index is 13.2. The first-order valence-electron chi connectivity index (χ1n) is 48.4. The Hall–Kier alpha value is -7.46. The van der Waals surface area contributed by atoms with Gasteiger partial charge in [0.1, 0.15) is 110 Å². The molecule has 0 atom stereocenters. The standard InChI is InChI=1S/C18H12F3S.C18H13F2S.C15H23S.C14H21OS.C12H17S.C11H15OS.C11H15S.C10H13OS.C10H13S/c19-13-1-7-16(8-2-13)22(17-9-3-14(20)4-10-17)18-11-5-15(21)6-12-18;19-14-6-10-17(11-7-14)21(16-4-2-1-3-5-16)18-12-8-15(20)9-13-18;1-15(2,3)13-7-9-14(10-8-13)16-11-5-4-6-12-16;1-14(2,3)12-4-6-13(7-5-12)16-10-8-15-9-11-16;1-11-5-7-12(8-6-11)13-9-3-2-4-10-13;1-10-2-4-11(5-3-10)13-8-6-12-7-9-13;1-3-7-11(8-4-1)12-9-5-2-6-10-12;1-2-4-10(5-3-1)12-8-6-11-7-9-12;1-2-6-10(7-3-1)11-8-4-5-9-11/h1-12H;1-13H;7-10H,4-6,11-12H2,1-3H3;4-7H,8-11H2,1-3H3;5-8H,2-4,9-10H2,1H3;2-5H,6-9H2,1H3;1,3-4,7-8H,2,5-6,9-10H2;1-5H,6-9H2;1-3,6-7H,4-5,8-9H2/q9*+1. The minimum atomic E-state index is -0.539. The molecule has 0 aromatic heterocycles. The highest BCUT2D eigenvalue weighted by atomic mass is 32.2. The zero-order valence-electron chi connectivity index (χ0n) is 81.0. The van der Waals surface area contributed by atoms with Crippen molar-refractivity contribution in [1.82, 2.24) is 0 Å². The van der Waals surface area contributed by atoms with E-state index in [0.29, 0.717) is 76.3 Å². The number of halogens is 5. The highest BCUT2D eigenvalue weighted by molar-refractivity contribution is 7.99. The zero-order chi connectivity index (χ0) is 95.5. The van der Waals surface area contributed by atoms with E-state index in [2.05, 4.69) is 243 Å². The SMILES string of the molecule is CC(C)(C)c1ccc([S+]2CCCCC2)cc1.CC(C)(C)c1ccc([S+]2CCOCC2)cc1.Cc1ccc([S+]2CCCCC2)cc1.Cc1ccc([S+]2CCOCC2)cc1.Fc1ccc([S+](c2ccc(F)cc2)c2ccc(F)cc2)cc1.Fc1ccc([S+](c2ccccc2)c2ccc(F)cc2)cc1.c1ccc([S+]2CCCC2)cc1.c1ccc([S+]2CCCCC2)cc1.c1ccc([S+]2CCOCC2)cc1. The van der Waals surface area contributed by atoms with Gasteiger partial charge in [-0.05, 0) is 325 Å². The van der Waals surface area contributed by atoms with Crippen molar-refractivity contribution in [3.63, 3.8) is 0 Å². The smallest absolute Gasteiger partial charge is 0.166 e. The van der Waals surface area contributed by atoms with Gasteiger partial charge in [-0.1, -0.05) is 174 Å². The van der Waals surface area contributed by atoms with E-state index < -0.39 is 10.9 Å². The first kappa shape index (κ1) is 107. The van der Waals surface area contributed by atoms with Crippen molar-refractivity contribution in [2.75, 3.05) is 120 Å². The fourth-order valence-corrected chi connectivity index (χ4v) is 35.1. The minimum Gasteiger partial charge on any atom is -0.372 e. The van der Waals surface area contributed by atoms with Crippen LogP contribution in [0.15, 0.2) is 403 Å². The summed E-state index contributed by atoms with van der Waals surface area (Å²) in [6.45, 7) is 23.6. The molecule has 7 saturated heterocycles. The van der Waals surface area contributed by atoms with Gasteiger partial charge in [0.05, 0.1) is 61.4 Å². The number of aryl methyl sites for hydroxylation is 2. The average molecular weight is 2000 g/mol. The molecule has 13 aromatic rings. The quantitative estimate of drug-likeness (QED) is 0.0851. The van der Waals surface area contributed by atoms with Crippen LogP contribution in [0.1, 0.15) is 134 Å². The van der Waals surface area contributed by atoms with Crippen LogP contribution in [0.3, 0.4) is 0 Å². The molecule has 7 fully saturated rings. The summed E-state index contributed by atoms with van der Waals surface area (Å²) in [6.07, 6.45) is 15.9. The molecule has 0 unspecified atom stereocenters. The monoisotopic (exact) mass is 2000 g/mol. The van der Waals surface area contributed by atoms with Crippen LogP contribution in [-0.4, -0.2) is 120 Å². The molecule has 7 aliphatic heterocycles. The largest absolute Gasteiger partial charge is 0.372 e. The Morgan fingerprint density at radius 1 is 0.191 bits per heavy atom. The van der Waals surface area contributed by atoms with Crippen LogP contribution in [0.4, 0.5) is 22.0 Å². The molecule has 3 nitrogen and oxygen atoms in total. The summed E-state index contributed by atoms with van der Waals surface area (Å²) in [7, 11) is 2.80. The van der Waals surface area contributed by atoms with Crippen LogP contribution in [0.5, 0.6) is 0 Å². The average Bonchev–Trinajstić information content (AvgIpc) is 0.924. The van der Waals surface area contributed by atoms with E-state index in [1.165, 1.54) is 249 Å². The Kier molecular flexibility index (Phi) is 45.8. The van der Waals surface area contributed by atoms with E-state index in [1.54, 1.807) is 80.2 Å². The van der Waals surface area contributed by atoms with Crippen molar-refractivity contribution in [3.05, 3.63) is 391 Å². The zero-order valence-corrected chi connectivity index (χ0v) is 88.4. The van der Waals surface area contributed by atoms with Crippen LogP contribution in [-0.2, 0) is 123 Å². The van der Waals surface area contributed by atoms with Crippen molar-refractivity contribution >= 4 is 98.1 Å². The molecule has 136 heavy (non-hydrogen) atoms. The molecule has 7 heterocycles. The van der Waals surface area contributed by atoms with Gasteiger partial charge in [0.25, 0.3) is 0 Å². The molecular weight excluding hydrogens is 1860 g/mol. The lowest BCUT2D eigenvalue weighted by Crippen LogP contribution is -2.26. The Bertz CT molecular complexity index is 5080. The first-order chi connectivity index (χ1) is 66.1. The second-order valence-electron chi connectivity index (χ2n) is 36.3. The molecule has 0 saturated carbocycles. The van der Waals surface area contributed by atoms with Crippen molar-refractivity contribution in [2.24, 2.45) is 0 Å². The number of ether oxygens (including phenoxy) is 3. The Morgan fingerprint density at radius 2 is 0.360 bits per heavy atom. The van der Waals surface area contributed by atoms with Gasteiger partial charge < -0.3 is 14.2 Å². The fourth-order valence-electron chi connectivity index (χ4n) is 16.2. The maximum Gasteiger partial charge on any atom is 0.166 e. The summed E-state index contributed by atoms with van der Waals surface area (Å²) >= 11 is 0. The lowest BCUT2D eigenvalue weighted by molar-refractivity contribution is 0.159. The summed E-state index contributed by atoms with van der Waals surface area (Å²) < 4.78 is 81.9. The van der Waals surface area contributed by atoms with Crippen molar-refractivity contribution in [1.29, 1.82) is 0 Å². The predicted molar refractivity (Wildman–Crippen MR) is 586 cm³/mol. The number of rotatable bonds is 13. The minimum absolute atomic E-state index is 0.255. The van der Waals surface area contributed by atoms with E-state index >= 15 is 0 Å². The van der Waals surface area contributed by atoms with Crippen molar-refractivity contribution in [2.45, 2.75) is 200 Å². The molecule has 13 aromatic carbocycles. The van der Waals surface area contributed by atoms with Crippen LogP contribution in [0.25, 0.3) is 0 Å². The van der Waals surface area contributed by atoms with Gasteiger partial charge in [-0.15, -0.1) is 0 Å².